The number of amides is 2. The van der Waals surface area contributed by atoms with Gasteiger partial charge < -0.3 is 19.9 Å². The zero-order chi connectivity index (χ0) is 26.8. The first kappa shape index (κ1) is 26.1. The molecule has 0 aliphatic rings. The van der Waals surface area contributed by atoms with Crippen LogP contribution >= 0.6 is 0 Å². The maximum Gasteiger partial charge on any atom is 0.281 e. The van der Waals surface area contributed by atoms with Gasteiger partial charge in [0.1, 0.15) is 11.5 Å². The SMILES string of the molecule is COc1ccccc1NC(=O)COc1ccc(/C=N\NC(=O)C(O)(c2ccccc2)c2ccccc2)cc1. The van der Waals surface area contributed by atoms with Gasteiger partial charge in [-0.25, -0.2) is 5.43 Å². The largest absolute Gasteiger partial charge is 0.495 e. The van der Waals surface area contributed by atoms with Crippen molar-refractivity contribution < 1.29 is 24.2 Å². The van der Waals surface area contributed by atoms with E-state index in [0.717, 1.165) is 0 Å². The Bertz CT molecular complexity index is 1350. The Kier molecular flexibility index (Phi) is 8.48. The van der Waals surface area contributed by atoms with Gasteiger partial charge in [-0.3, -0.25) is 9.59 Å². The van der Waals surface area contributed by atoms with Gasteiger partial charge in [0.25, 0.3) is 11.8 Å². The molecule has 8 heteroatoms. The van der Waals surface area contributed by atoms with Crippen LogP contribution in [-0.4, -0.2) is 36.9 Å². The molecule has 0 saturated carbocycles. The van der Waals surface area contributed by atoms with E-state index in [9.17, 15) is 14.7 Å². The molecule has 2 amide bonds. The molecule has 4 aromatic rings. The molecule has 0 fully saturated rings. The molecule has 4 aromatic carbocycles. The van der Waals surface area contributed by atoms with Gasteiger partial charge in [-0.1, -0.05) is 72.8 Å². The van der Waals surface area contributed by atoms with Crippen LogP contribution in [0.4, 0.5) is 5.69 Å². The minimum absolute atomic E-state index is 0.181. The van der Waals surface area contributed by atoms with Crippen LogP contribution in [0.1, 0.15) is 16.7 Å². The number of hydrazone groups is 1. The normalized spacial score (nSPS) is 11.1. The van der Waals surface area contributed by atoms with E-state index >= 15 is 0 Å². The second kappa shape index (κ2) is 12.3. The van der Waals surface area contributed by atoms with Crippen molar-refractivity contribution in [3.63, 3.8) is 0 Å². The lowest BCUT2D eigenvalue weighted by Crippen LogP contribution is -2.43. The van der Waals surface area contributed by atoms with E-state index in [1.165, 1.54) is 13.3 Å². The van der Waals surface area contributed by atoms with E-state index < -0.39 is 11.5 Å². The van der Waals surface area contributed by atoms with Crippen molar-refractivity contribution in [1.29, 1.82) is 0 Å². The summed E-state index contributed by atoms with van der Waals surface area (Å²) in [6.07, 6.45) is 1.45. The number of hydrogen-bond donors (Lipinski definition) is 3. The first-order valence-electron chi connectivity index (χ1n) is 11.8. The summed E-state index contributed by atoms with van der Waals surface area (Å²) in [5.74, 6) is 0.0331. The first-order valence-corrected chi connectivity index (χ1v) is 11.8. The number of aliphatic hydroxyl groups is 1. The third-order valence-corrected chi connectivity index (χ3v) is 5.72. The van der Waals surface area contributed by atoms with Gasteiger partial charge in [-0.15, -0.1) is 0 Å². The smallest absolute Gasteiger partial charge is 0.281 e. The molecule has 4 rings (SSSR count). The molecule has 0 atom stereocenters. The fraction of sp³-hybridized carbons (Fsp3) is 0.100. The van der Waals surface area contributed by atoms with Gasteiger partial charge in [0.15, 0.2) is 12.2 Å². The highest BCUT2D eigenvalue weighted by Crippen LogP contribution is 2.30. The molecule has 0 heterocycles. The number of para-hydroxylation sites is 2. The average molecular weight is 510 g/mol. The summed E-state index contributed by atoms with van der Waals surface area (Å²) in [5.41, 5.74) is 2.62. The second-order valence-electron chi connectivity index (χ2n) is 8.25. The molecule has 0 saturated heterocycles. The van der Waals surface area contributed by atoms with Crippen molar-refractivity contribution in [2.45, 2.75) is 5.60 Å². The summed E-state index contributed by atoms with van der Waals surface area (Å²) in [4.78, 5) is 25.3. The number of nitrogens with zero attached hydrogens (tertiary/aromatic N) is 1. The van der Waals surface area contributed by atoms with Gasteiger partial charge in [-0.2, -0.15) is 5.10 Å². The summed E-state index contributed by atoms with van der Waals surface area (Å²) in [6, 6.07) is 31.3. The molecule has 0 unspecified atom stereocenters. The lowest BCUT2D eigenvalue weighted by Gasteiger charge is -2.27. The zero-order valence-electron chi connectivity index (χ0n) is 20.7. The van der Waals surface area contributed by atoms with E-state index in [-0.39, 0.29) is 12.5 Å². The molecule has 38 heavy (non-hydrogen) atoms. The molecule has 0 aliphatic carbocycles. The number of carbonyl (C=O) groups is 2. The maximum atomic E-state index is 13.1. The van der Waals surface area contributed by atoms with Crippen LogP contribution in [0.3, 0.4) is 0 Å². The number of hydrogen-bond acceptors (Lipinski definition) is 6. The minimum atomic E-state index is -1.91. The molecule has 0 aromatic heterocycles. The van der Waals surface area contributed by atoms with Crippen LogP contribution in [0.5, 0.6) is 11.5 Å². The van der Waals surface area contributed by atoms with E-state index in [1.807, 2.05) is 18.2 Å². The van der Waals surface area contributed by atoms with Crippen molar-refractivity contribution in [2.24, 2.45) is 5.10 Å². The molecule has 0 spiro atoms. The molecular formula is C30H27N3O5. The van der Waals surface area contributed by atoms with E-state index in [4.69, 9.17) is 9.47 Å². The number of anilines is 1. The Labute approximate surface area is 220 Å². The molecule has 3 N–H and O–H groups in total. The fourth-order valence-corrected chi connectivity index (χ4v) is 3.77. The number of rotatable bonds is 10. The summed E-state index contributed by atoms with van der Waals surface area (Å²) >= 11 is 0. The maximum absolute atomic E-state index is 13.1. The van der Waals surface area contributed by atoms with Crippen molar-refractivity contribution in [3.8, 4) is 11.5 Å². The zero-order valence-corrected chi connectivity index (χ0v) is 20.7. The van der Waals surface area contributed by atoms with Gasteiger partial charge in [0.2, 0.25) is 0 Å². The van der Waals surface area contributed by atoms with E-state index in [0.29, 0.717) is 33.9 Å². The number of ether oxygens (including phenoxy) is 2. The number of benzene rings is 4. The van der Waals surface area contributed by atoms with Gasteiger partial charge in [0, 0.05) is 0 Å². The second-order valence-corrected chi connectivity index (χ2v) is 8.25. The lowest BCUT2D eigenvalue weighted by molar-refractivity contribution is -0.136. The molecular weight excluding hydrogens is 482 g/mol. The van der Waals surface area contributed by atoms with E-state index in [2.05, 4.69) is 15.8 Å². The predicted molar refractivity (Wildman–Crippen MR) is 145 cm³/mol. The third kappa shape index (κ3) is 6.24. The Morgan fingerprint density at radius 2 is 1.42 bits per heavy atom. The van der Waals surface area contributed by atoms with Crippen LogP contribution in [-0.2, 0) is 15.2 Å². The highest BCUT2D eigenvalue weighted by molar-refractivity contribution is 5.93. The summed E-state index contributed by atoms with van der Waals surface area (Å²) in [7, 11) is 1.53. The molecule has 0 bridgehead atoms. The van der Waals surface area contributed by atoms with Crippen LogP contribution in [0, 0.1) is 0 Å². The van der Waals surface area contributed by atoms with Crippen LogP contribution < -0.4 is 20.2 Å². The van der Waals surface area contributed by atoms with Crippen LogP contribution in [0.25, 0.3) is 0 Å². The van der Waals surface area contributed by atoms with Crippen LogP contribution in [0.2, 0.25) is 0 Å². The molecule has 192 valence electrons. The predicted octanol–water partition coefficient (Wildman–Crippen LogP) is 4.10. The molecule has 0 radical (unpaired) electrons. The van der Waals surface area contributed by atoms with Crippen LogP contribution in [0.15, 0.2) is 114 Å². The van der Waals surface area contributed by atoms with Crippen molar-refractivity contribution in [1.82, 2.24) is 5.43 Å². The Morgan fingerprint density at radius 1 is 0.842 bits per heavy atom. The minimum Gasteiger partial charge on any atom is -0.495 e. The Morgan fingerprint density at radius 3 is 2.03 bits per heavy atom. The number of methoxy groups -OCH3 is 1. The van der Waals surface area contributed by atoms with Gasteiger partial charge in [-0.05, 0) is 53.1 Å². The third-order valence-electron chi connectivity index (χ3n) is 5.72. The average Bonchev–Trinajstić information content (AvgIpc) is 2.97. The lowest BCUT2D eigenvalue weighted by atomic mass is 9.85. The number of nitrogens with one attached hydrogen (secondary N) is 2. The summed E-state index contributed by atoms with van der Waals surface area (Å²) in [6.45, 7) is -0.181. The highest BCUT2D eigenvalue weighted by Gasteiger charge is 2.39. The van der Waals surface area contributed by atoms with E-state index in [1.54, 1.807) is 91.0 Å². The van der Waals surface area contributed by atoms with Gasteiger partial charge in [0.05, 0.1) is 19.0 Å². The van der Waals surface area contributed by atoms with Crippen molar-refractivity contribution in [3.05, 3.63) is 126 Å². The van der Waals surface area contributed by atoms with Crippen molar-refractivity contribution >= 4 is 23.7 Å². The molecule has 8 nitrogen and oxygen atoms in total. The van der Waals surface area contributed by atoms with Crippen molar-refractivity contribution in [2.75, 3.05) is 19.0 Å². The Balaban J connectivity index is 1.35. The Hall–Kier alpha value is -4.95. The quantitative estimate of drug-likeness (QED) is 0.220. The fourth-order valence-electron chi connectivity index (χ4n) is 3.77. The first-order chi connectivity index (χ1) is 18.5. The molecule has 0 aliphatic heterocycles. The highest BCUT2D eigenvalue weighted by atomic mass is 16.5. The standard InChI is InChI=1S/C30H27N3O5/c1-37-27-15-9-8-14-26(27)32-28(34)21-38-25-18-16-22(17-19-25)20-31-33-29(35)30(36,23-10-4-2-5-11-23)24-12-6-3-7-13-24/h2-20,36H,21H2,1H3,(H,32,34)(H,33,35)/b31-20-. The number of carbonyl (C=O) groups excluding carboxylic acids is 2. The van der Waals surface area contributed by atoms with Gasteiger partial charge >= 0.3 is 0 Å². The summed E-state index contributed by atoms with van der Waals surface area (Å²) < 4.78 is 10.8. The topological polar surface area (TPSA) is 109 Å². The summed E-state index contributed by atoms with van der Waals surface area (Å²) in [5, 5.41) is 18.2. The monoisotopic (exact) mass is 509 g/mol.